The highest BCUT2D eigenvalue weighted by Gasteiger charge is 2.13. The largest absolute Gasteiger partial charge is 0.379 e. The third kappa shape index (κ3) is 2.81. The number of nitrogens with zero attached hydrogens (tertiary/aromatic N) is 7. The van der Waals surface area contributed by atoms with Gasteiger partial charge < -0.3 is 10.1 Å². The van der Waals surface area contributed by atoms with Crippen LogP contribution >= 0.6 is 0 Å². The van der Waals surface area contributed by atoms with Crippen LogP contribution in [-0.2, 0) is 4.74 Å². The molecule has 3 rings (SSSR count). The topological polar surface area (TPSA) is 106 Å². The molecule has 0 atom stereocenters. The molecule has 0 unspecified atom stereocenters. The van der Waals surface area contributed by atoms with E-state index in [1.165, 1.54) is 17.3 Å². The molecular formula is C10H15N9O. The number of anilines is 2. The molecule has 0 radical (unpaired) electrons. The molecule has 10 heteroatoms. The van der Waals surface area contributed by atoms with Crippen LogP contribution in [0.1, 0.15) is 0 Å². The minimum Gasteiger partial charge on any atom is -0.379 e. The highest BCUT2D eigenvalue weighted by molar-refractivity contribution is 5.36. The SMILES string of the molecule is CNc1nc(NN2CCOCC2)nc(-n2cncn2)n1. The van der Waals surface area contributed by atoms with Crippen LogP contribution in [0.4, 0.5) is 11.9 Å². The molecule has 0 spiro atoms. The summed E-state index contributed by atoms with van der Waals surface area (Å²) in [4.78, 5) is 16.7. The van der Waals surface area contributed by atoms with Gasteiger partial charge in [-0.1, -0.05) is 0 Å². The van der Waals surface area contributed by atoms with Gasteiger partial charge in [0.2, 0.25) is 11.9 Å². The first-order chi connectivity index (χ1) is 9.85. The van der Waals surface area contributed by atoms with Gasteiger partial charge in [-0.15, -0.1) is 0 Å². The Morgan fingerprint density at radius 1 is 1.15 bits per heavy atom. The van der Waals surface area contributed by atoms with Crippen molar-refractivity contribution in [1.29, 1.82) is 0 Å². The minimum atomic E-state index is 0.401. The molecule has 20 heavy (non-hydrogen) atoms. The molecule has 10 nitrogen and oxygen atoms in total. The van der Waals surface area contributed by atoms with E-state index in [2.05, 4.69) is 35.8 Å². The fourth-order valence-corrected chi connectivity index (χ4v) is 1.76. The third-order valence-electron chi connectivity index (χ3n) is 2.74. The van der Waals surface area contributed by atoms with Crippen molar-refractivity contribution >= 4 is 11.9 Å². The fourth-order valence-electron chi connectivity index (χ4n) is 1.76. The monoisotopic (exact) mass is 277 g/mol. The summed E-state index contributed by atoms with van der Waals surface area (Å²) in [5, 5.41) is 8.92. The fraction of sp³-hybridized carbons (Fsp3) is 0.500. The number of morpholine rings is 1. The van der Waals surface area contributed by atoms with Crippen LogP contribution in [0, 0.1) is 0 Å². The molecule has 0 aliphatic carbocycles. The number of ether oxygens (including phenoxy) is 1. The average molecular weight is 277 g/mol. The third-order valence-corrected chi connectivity index (χ3v) is 2.74. The van der Waals surface area contributed by atoms with E-state index < -0.39 is 0 Å². The van der Waals surface area contributed by atoms with Crippen LogP contribution in [0.5, 0.6) is 0 Å². The molecule has 2 aromatic heterocycles. The Hall–Kier alpha value is -2.33. The van der Waals surface area contributed by atoms with Gasteiger partial charge in [-0.3, -0.25) is 5.43 Å². The Bertz CT molecular complexity index is 552. The molecule has 1 aliphatic heterocycles. The van der Waals surface area contributed by atoms with Gasteiger partial charge >= 0.3 is 0 Å². The van der Waals surface area contributed by atoms with Crippen molar-refractivity contribution in [3.05, 3.63) is 12.7 Å². The van der Waals surface area contributed by atoms with Crippen LogP contribution < -0.4 is 10.7 Å². The van der Waals surface area contributed by atoms with E-state index in [0.717, 1.165) is 13.1 Å². The molecule has 2 N–H and O–H groups in total. The summed E-state index contributed by atoms with van der Waals surface area (Å²) >= 11 is 0. The summed E-state index contributed by atoms with van der Waals surface area (Å²) in [5.74, 6) is 1.32. The number of hydrazine groups is 1. The standard InChI is InChI=1S/C10H15N9O/c1-11-8-14-9(17-18-2-4-20-5-3-18)16-10(15-8)19-7-12-6-13-19/h6-7H,2-5H2,1H3,(H2,11,14,15,16,17). The summed E-state index contributed by atoms with van der Waals surface area (Å²) < 4.78 is 6.77. The Morgan fingerprint density at radius 2 is 1.95 bits per heavy atom. The zero-order chi connectivity index (χ0) is 13.8. The number of hydrogen-bond donors (Lipinski definition) is 2. The second-order valence-electron chi connectivity index (χ2n) is 4.08. The lowest BCUT2D eigenvalue weighted by molar-refractivity contribution is 0.0492. The van der Waals surface area contributed by atoms with Crippen LogP contribution in [-0.4, -0.2) is 68.1 Å². The highest BCUT2D eigenvalue weighted by atomic mass is 16.5. The van der Waals surface area contributed by atoms with Gasteiger partial charge in [0.1, 0.15) is 12.7 Å². The molecule has 0 bridgehead atoms. The molecule has 106 valence electrons. The van der Waals surface area contributed by atoms with Gasteiger partial charge in [0.05, 0.1) is 13.2 Å². The zero-order valence-electron chi connectivity index (χ0n) is 11.0. The first-order valence-electron chi connectivity index (χ1n) is 6.23. The molecule has 3 heterocycles. The van der Waals surface area contributed by atoms with Crippen molar-refractivity contribution in [3.8, 4) is 5.95 Å². The van der Waals surface area contributed by atoms with Crippen LogP contribution in [0.2, 0.25) is 0 Å². The van der Waals surface area contributed by atoms with Gasteiger partial charge in [-0.05, 0) is 0 Å². The number of hydrogen-bond acceptors (Lipinski definition) is 9. The summed E-state index contributed by atoms with van der Waals surface area (Å²) in [7, 11) is 1.75. The van der Waals surface area contributed by atoms with Crippen molar-refractivity contribution in [2.75, 3.05) is 44.1 Å². The molecule has 0 amide bonds. The minimum absolute atomic E-state index is 0.401. The first kappa shape index (κ1) is 12.7. The maximum atomic E-state index is 5.30. The van der Waals surface area contributed by atoms with Gasteiger partial charge in [0.25, 0.3) is 5.95 Å². The molecule has 1 aliphatic rings. The number of aromatic nitrogens is 6. The lowest BCUT2D eigenvalue weighted by Gasteiger charge is -2.26. The van der Waals surface area contributed by atoms with Crippen molar-refractivity contribution in [3.63, 3.8) is 0 Å². The van der Waals surface area contributed by atoms with Crippen molar-refractivity contribution in [2.24, 2.45) is 0 Å². The molecule has 0 aromatic carbocycles. The summed E-state index contributed by atoms with van der Waals surface area (Å²) in [5.41, 5.74) is 3.15. The molecule has 1 fully saturated rings. The van der Waals surface area contributed by atoms with Crippen molar-refractivity contribution in [1.82, 2.24) is 34.7 Å². The van der Waals surface area contributed by atoms with Crippen LogP contribution in [0.25, 0.3) is 5.95 Å². The van der Waals surface area contributed by atoms with E-state index in [1.807, 2.05) is 5.01 Å². The van der Waals surface area contributed by atoms with E-state index in [0.29, 0.717) is 31.1 Å². The second kappa shape index (κ2) is 5.75. The molecule has 1 saturated heterocycles. The molecule has 2 aromatic rings. The maximum Gasteiger partial charge on any atom is 0.258 e. The van der Waals surface area contributed by atoms with Gasteiger partial charge in [-0.25, -0.2) is 9.99 Å². The Labute approximate surface area is 115 Å². The van der Waals surface area contributed by atoms with Gasteiger partial charge in [0.15, 0.2) is 0 Å². The van der Waals surface area contributed by atoms with E-state index in [1.54, 1.807) is 7.05 Å². The predicted molar refractivity (Wildman–Crippen MR) is 70.3 cm³/mol. The van der Waals surface area contributed by atoms with E-state index in [4.69, 9.17) is 4.74 Å². The Morgan fingerprint density at radius 3 is 2.65 bits per heavy atom. The predicted octanol–water partition coefficient (Wildman–Crippen LogP) is -0.847. The lowest BCUT2D eigenvalue weighted by Crippen LogP contribution is -2.40. The lowest BCUT2D eigenvalue weighted by atomic mass is 10.5. The summed E-state index contributed by atoms with van der Waals surface area (Å²) in [6.07, 6.45) is 2.96. The van der Waals surface area contributed by atoms with E-state index >= 15 is 0 Å². The van der Waals surface area contributed by atoms with Gasteiger partial charge in [-0.2, -0.15) is 24.7 Å². The second-order valence-corrected chi connectivity index (χ2v) is 4.08. The number of nitrogens with one attached hydrogen (secondary N) is 2. The Balaban J connectivity index is 1.84. The van der Waals surface area contributed by atoms with Crippen molar-refractivity contribution in [2.45, 2.75) is 0 Å². The summed E-state index contributed by atoms with van der Waals surface area (Å²) in [6, 6.07) is 0. The Kier molecular flexibility index (Phi) is 3.65. The first-order valence-corrected chi connectivity index (χ1v) is 6.23. The van der Waals surface area contributed by atoms with E-state index in [-0.39, 0.29) is 0 Å². The van der Waals surface area contributed by atoms with E-state index in [9.17, 15) is 0 Å². The molecule has 0 saturated carbocycles. The quantitative estimate of drug-likeness (QED) is 0.739. The summed E-state index contributed by atoms with van der Waals surface area (Å²) in [6.45, 7) is 2.93. The highest BCUT2D eigenvalue weighted by Crippen LogP contribution is 2.09. The van der Waals surface area contributed by atoms with Crippen molar-refractivity contribution < 1.29 is 4.74 Å². The zero-order valence-corrected chi connectivity index (χ0v) is 11.0. The smallest absolute Gasteiger partial charge is 0.258 e. The number of rotatable bonds is 4. The van der Waals surface area contributed by atoms with Gasteiger partial charge in [0, 0.05) is 20.1 Å². The average Bonchev–Trinajstić information content (AvgIpc) is 3.02. The maximum absolute atomic E-state index is 5.30. The molecular weight excluding hydrogens is 262 g/mol. The normalized spacial score (nSPS) is 16.1. The van der Waals surface area contributed by atoms with Crippen LogP contribution in [0.3, 0.4) is 0 Å². The van der Waals surface area contributed by atoms with Crippen LogP contribution in [0.15, 0.2) is 12.7 Å².